The van der Waals surface area contributed by atoms with E-state index in [1.165, 1.54) is 24.3 Å². The van der Waals surface area contributed by atoms with Crippen LogP contribution < -0.4 is 10.5 Å². The Kier molecular flexibility index (Phi) is 5.72. The van der Waals surface area contributed by atoms with Gasteiger partial charge in [0.1, 0.15) is 0 Å². The molecular weight excluding hydrogens is 435 g/mol. The second-order valence-corrected chi connectivity index (χ2v) is 7.50. The Morgan fingerprint density at radius 2 is 1.87 bits per heavy atom. The third kappa shape index (κ3) is 4.42. The Morgan fingerprint density at radius 1 is 1.13 bits per heavy atom. The number of aromatic nitrogens is 2. The molecule has 0 unspecified atom stereocenters. The van der Waals surface area contributed by atoms with Gasteiger partial charge in [0.05, 0.1) is 24.2 Å². The predicted molar refractivity (Wildman–Crippen MR) is 110 cm³/mol. The summed E-state index contributed by atoms with van der Waals surface area (Å²) in [6.07, 6.45) is -4.78. The molecule has 10 heteroatoms. The summed E-state index contributed by atoms with van der Waals surface area (Å²) in [6, 6.07) is 7.79. The van der Waals surface area contributed by atoms with Gasteiger partial charge in [-0.25, -0.2) is 5.10 Å². The minimum atomic E-state index is -4.53. The molecule has 2 heterocycles. The number of alkyl halides is 3. The standard InChI is InChI=1S/C21H17ClF3N3O3/c22-19-15-3-1-12(10-16(15)20(30)27-26-19)18(29)11-13-9-14(21(23,24)25)2-4-17(13)28-5-7-31-8-6-28/h1-4,9-10H,5-8,11H2,(H,27,30). The van der Waals surface area contributed by atoms with E-state index in [0.717, 1.165) is 12.1 Å². The lowest BCUT2D eigenvalue weighted by molar-refractivity contribution is -0.137. The van der Waals surface area contributed by atoms with E-state index in [1.807, 2.05) is 4.90 Å². The highest BCUT2D eigenvalue weighted by Crippen LogP contribution is 2.34. The summed E-state index contributed by atoms with van der Waals surface area (Å²) in [7, 11) is 0. The predicted octanol–water partition coefficient (Wildman–Crippen LogP) is 3.86. The van der Waals surface area contributed by atoms with Crippen LogP contribution in [0, 0.1) is 0 Å². The fourth-order valence-electron chi connectivity index (χ4n) is 3.60. The minimum Gasteiger partial charge on any atom is -0.378 e. The fourth-order valence-corrected chi connectivity index (χ4v) is 3.80. The van der Waals surface area contributed by atoms with Crippen molar-refractivity contribution in [3.05, 3.63) is 68.6 Å². The maximum absolute atomic E-state index is 13.3. The van der Waals surface area contributed by atoms with E-state index in [9.17, 15) is 22.8 Å². The lowest BCUT2D eigenvalue weighted by atomic mass is 9.97. The third-order valence-electron chi connectivity index (χ3n) is 5.17. The van der Waals surface area contributed by atoms with Crippen LogP contribution in [0.25, 0.3) is 10.8 Å². The molecule has 1 aliphatic heterocycles. The molecule has 1 aromatic heterocycles. The van der Waals surface area contributed by atoms with Crippen LogP contribution in [0.1, 0.15) is 21.5 Å². The molecular formula is C21H17ClF3N3O3. The van der Waals surface area contributed by atoms with Gasteiger partial charge in [0.25, 0.3) is 5.56 Å². The highest BCUT2D eigenvalue weighted by molar-refractivity contribution is 6.34. The van der Waals surface area contributed by atoms with Crippen molar-refractivity contribution in [2.45, 2.75) is 12.6 Å². The summed E-state index contributed by atoms with van der Waals surface area (Å²) in [5, 5.41) is 6.56. The number of carbonyl (C=O) groups is 1. The first-order valence-corrected chi connectivity index (χ1v) is 9.86. The number of anilines is 1. The molecule has 1 N–H and O–H groups in total. The Labute approximate surface area is 179 Å². The molecule has 0 saturated carbocycles. The van der Waals surface area contributed by atoms with Crippen molar-refractivity contribution in [3.63, 3.8) is 0 Å². The summed E-state index contributed by atoms with van der Waals surface area (Å²) in [4.78, 5) is 26.9. The summed E-state index contributed by atoms with van der Waals surface area (Å²) in [5.74, 6) is -0.414. The van der Waals surface area contributed by atoms with Crippen LogP contribution in [-0.4, -0.2) is 42.3 Å². The van der Waals surface area contributed by atoms with Gasteiger partial charge in [-0.2, -0.15) is 18.3 Å². The van der Waals surface area contributed by atoms with Crippen LogP contribution in [0.4, 0.5) is 18.9 Å². The molecule has 31 heavy (non-hydrogen) atoms. The lowest BCUT2D eigenvalue weighted by Crippen LogP contribution is -2.37. The van der Waals surface area contributed by atoms with Gasteiger partial charge in [-0.3, -0.25) is 9.59 Å². The van der Waals surface area contributed by atoms with Gasteiger partial charge in [0.2, 0.25) is 0 Å². The number of Topliss-reactive ketones (excluding diaryl/α,β-unsaturated/α-hetero) is 1. The largest absolute Gasteiger partial charge is 0.416 e. The molecule has 3 aromatic rings. The van der Waals surface area contributed by atoms with Gasteiger partial charge >= 0.3 is 6.18 Å². The van der Waals surface area contributed by atoms with Gasteiger partial charge in [-0.05, 0) is 29.8 Å². The molecule has 162 valence electrons. The molecule has 0 spiro atoms. The zero-order chi connectivity index (χ0) is 22.2. The molecule has 1 fully saturated rings. The van der Waals surface area contributed by atoms with Crippen LogP contribution in [0.2, 0.25) is 5.15 Å². The number of nitrogens with zero attached hydrogens (tertiary/aromatic N) is 2. The Balaban J connectivity index is 1.71. The average Bonchev–Trinajstić information content (AvgIpc) is 2.76. The fraction of sp³-hybridized carbons (Fsp3) is 0.286. The molecule has 0 amide bonds. The quantitative estimate of drug-likeness (QED) is 0.610. The van der Waals surface area contributed by atoms with Crippen LogP contribution >= 0.6 is 11.6 Å². The zero-order valence-electron chi connectivity index (χ0n) is 16.1. The first-order valence-electron chi connectivity index (χ1n) is 9.48. The van der Waals surface area contributed by atoms with Crippen molar-refractivity contribution in [1.29, 1.82) is 0 Å². The Bertz CT molecular complexity index is 1200. The molecule has 0 aliphatic carbocycles. The maximum Gasteiger partial charge on any atom is 0.416 e. The first kappa shape index (κ1) is 21.3. The van der Waals surface area contributed by atoms with Gasteiger partial charge in [-0.1, -0.05) is 23.7 Å². The molecule has 1 saturated heterocycles. The number of aromatic amines is 1. The number of hydrogen-bond acceptors (Lipinski definition) is 5. The maximum atomic E-state index is 13.3. The summed E-state index contributed by atoms with van der Waals surface area (Å²) >= 11 is 5.97. The number of carbonyl (C=O) groups excluding carboxylic acids is 1. The monoisotopic (exact) mass is 451 g/mol. The Hall–Kier alpha value is -2.91. The smallest absolute Gasteiger partial charge is 0.378 e. The van der Waals surface area contributed by atoms with E-state index in [1.54, 1.807) is 0 Å². The van der Waals surface area contributed by atoms with E-state index < -0.39 is 23.1 Å². The molecule has 4 rings (SSSR count). The number of halogens is 4. The van der Waals surface area contributed by atoms with E-state index in [0.29, 0.717) is 37.4 Å². The molecule has 2 aromatic carbocycles. The lowest BCUT2D eigenvalue weighted by Gasteiger charge is -2.31. The van der Waals surface area contributed by atoms with Crippen LogP contribution in [0.15, 0.2) is 41.2 Å². The van der Waals surface area contributed by atoms with Crippen molar-refractivity contribution in [1.82, 2.24) is 10.2 Å². The van der Waals surface area contributed by atoms with Crippen LogP contribution in [0.3, 0.4) is 0 Å². The molecule has 0 bridgehead atoms. The van der Waals surface area contributed by atoms with Crippen LogP contribution in [-0.2, 0) is 17.3 Å². The van der Waals surface area contributed by atoms with Gasteiger partial charge < -0.3 is 9.64 Å². The second-order valence-electron chi connectivity index (χ2n) is 7.14. The van der Waals surface area contributed by atoms with E-state index in [2.05, 4.69) is 10.2 Å². The average molecular weight is 452 g/mol. The van der Waals surface area contributed by atoms with Gasteiger partial charge in [-0.15, -0.1) is 0 Å². The van der Waals surface area contributed by atoms with Crippen molar-refractivity contribution in [3.8, 4) is 0 Å². The van der Waals surface area contributed by atoms with Crippen LogP contribution in [0.5, 0.6) is 0 Å². The second kappa shape index (κ2) is 8.32. The Morgan fingerprint density at radius 3 is 2.58 bits per heavy atom. The number of nitrogens with one attached hydrogen (secondary N) is 1. The summed E-state index contributed by atoms with van der Waals surface area (Å²) in [6.45, 7) is 1.94. The van der Waals surface area contributed by atoms with E-state index >= 15 is 0 Å². The number of rotatable bonds is 4. The number of morpholine rings is 1. The zero-order valence-corrected chi connectivity index (χ0v) is 16.9. The van der Waals surface area contributed by atoms with E-state index in [-0.39, 0.29) is 28.1 Å². The summed E-state index contributed by atoms with van der Waals surface area (Å²) < 4.78 is 45.2. The van der Waals surface area contributed by atoms with Crippen molar-refractivity contribution in [2.75, 3.05) is 31.2 Å². The number of ether oxygens (including phenoxy) is 1. The summed E-state index contributed by atoms with van der Waals surface area (Å²) in [5.41, 5.74) is -0.299. The minimum absolute atomic E-state index is 0.0843. The number of benzene rings is 2. The molecule has 0 atom stereocenters. The van der Waals surface area contributed by atoms with Gasteiger partial charge in [0, 0.05) is 36.1 Å². The number of H-pyrrole nitrogens is 1. The van der Waals surface area contributed by atoms with Gasteiger partial charge in [0.15, 0.2) is 10.9 Å². The number of ketones is 1. The van der Waals surface area contributed by atoms with Crippen molar-refractivity contribution < 1.29 is 22.7 Å². The molecule has 1 aliphatic rings. The molecule has 6 nitrogen and oxygen atoms in total. The topological polar surface area (TPSA) is 75.3 Å². The third-order valence-corrected chi connectivity index (χ3v) is 5.46. The number of hydrogen-bond donors (Lipinski definition) is 1. The normalized spacial score (nSPS) is 14.8. The van der Waals surface area contributed by atoms with E-state index in [4.69, 9.17) is 16.3 Å². The molecule has 0 radical (unpaired) electrons. The SMILES string of the molecule is O=C(Cc1cc(C(F)(F)F)ccc1N1CCOCC1)c1ccc2c(Cl)n[nH]c(=O)c2c1. The van der Waals surface area contributed by atoms with Crippen molar-refractivity contribution >= 4 is 33.8 Å². The first-order chi connectivity index (χ1) is 14.7. The highest BCUT2D eigenvalue weighted by Gasteiger charge is 2.32. The highest BCUT2D eigenvalue weighted by atomic mass is 35.5. The number of fused-ring (bicyclic) bond motifs is 1. The van der Waals surface area contributed by atoms with Crippen molar-refractivity contribution in [2.24, 2.45) is 0 Å².